The summed E-state index contributed by atoms with van der Waals surface area (Å²) in [6, 6.07) is 1.78. The maximum absolute atomic E-state index is 5.58. The molecule has 0 saturated carbocycles. The average molecular weight is 194 g/mol. The minimum absolute atomic E-state index is 0.245. The summed E-state index contributed by atoms with van der Waals surface area (Å²) < 4.78 is 0. The molecule has 0 aliphatic rings. The van der Waals surface area contributed by atoms with Gasteiger partial charge in [0.05, 0.1) is 0 Å². The largest absolute Gasteiger partial charge is 0.384 e. The van der Waals surface area contributed by atoms with Crippen LogP contribution in [0.3, 0.4) is 0 Å². The molecule has 1 heterocycles. The van der Waals surface area contributed by atoms with Crippen LogP contribution in [0.15, 0.2) is 12.4 Å². The lowest BCUT2D eigenvalue weighted by Gasteiger charge is -2.27. The van der Waals surface area contributed by atoms with Gasteiger partial charge in [-0.2, -0.15) is 0 Å². The number of nitrogens with two attached hydrogens (primary N) is 1. The molecule has 0 unspecified atom stereocenters. The predicted octanol–water partition coefficient (Wildman–Crippen LogP) is 1.54. The molecular formula is C10H18N4. The first kappa shape index (κ1) is 10.8. The van der Waals surface area contributed by atoms with Crippen molar-refractivity contribution in [2.75, 3.05) is 24.2 Å². The van der Waals surface area contributed by atoms with Crippen LogP contribution in [0.2, 0.25) is 0 Å². The molecule has 0 bridgehead atoms. The van der Waals surface area contributed by atoms with E-state index in [-0.39, 0.29) is 5.41 Å². The highest BCUT2D eigenvalue weighted by Crippen LogP contribution is 2.18. The lowest BCUT2D eigenvalue weighted by molar-refractivity contribution is 0.418. The van der Waals surface area contributed by atoms with Crippen molar-refractivity contribution in [1.29, 1.82) is 0 Å². The fourth-order valence-electron chi connectivity index (χ4n) is 1.36. The van der Waals surface area contributed by atoms with E-state index in [1.807, 2.05) is 7.05 Å². The molecule has 1 aromatic rings. The van der Waals surface area contributed by atoms with Crippen molar-refractivity contribution in [1.82, 2.24) is 9.97 Å². The Kier molecular flexibility index (Phi) is 2.93. The molecule has 0 atom stereocenters. The predicted molar refractivity (Wildman–Crippen MR) is 59.2 cm³/mol. The van der Waals surface area contributed by atoms with Gasteiger partial charge in [0.1, 0.15) is 18.0 Å². The fourth-order valence-corrected chi connectivity index (χ4v) is 1.36. The number of anilines is 2. The van der Waals surface area contributed by atoms with Crippen LogP contribution in [0.1, 0.15) is 20.8 Å². The topological polar surface area (TPSA) is 55.0 Å². The summed E-state index contributed by atoms with van der Waals surface area (Å²) in [5.41, 5.74) is 5.83. The molecule has 1 aromatic heterocycles. The van der Waals surface area contributed by atoms with Crippen LogP contribution in [0.25, 0.3) is 0 Å². The number of hydrogen-bond donors (Lipinski definition) is 1. The van der Waals surface area contributed by atoms with Gasteiger partial charge in [0.25, 0.3) is 0 Å². The number of rotatable bonds is 2. The van der Waals surface area contributed by atoms with Crippen LogP contribution in [-0.2, 0) is 0 Å². The monoisotopic (exact) mass is 194 g/mol. The lowest BCUT2D eigenvalue weighted by Crippen LogP contribution is -2.29. The summed E-state index contributed by atoms with van der Waals surface area (Å²) in [5.74, 6) is 1.38. The van der Waals surface area contributed by atoms with Gasteiger partial charge >= 0.3 is 0 Å². The van der Waals surface area contributed by atoms with Gasteiger partial charge in [-0.15, -0.1) is 0 Å². The molecule has 1 rings (SSSR count). The van der Waals surface area contributed by atoms with E-state index >= 15 is 0 Å². The van der Waals surface area contributed by atoms with E-state index < -0.39 is 0 Å². The summed E-state index contributed by atoms with van der Waals surface area (Å²) in [6.45, 7) is 7.50. The molecule has 14 heavy (non-hydrogen) atoms. The van der Waals surface area contributed by atoms with Crippen molar-refractivity contribution >= 4 is 11.6 Å². The maximum atomic E-state index is 5.58. The second-order valence-electron chi connectivity index (χ2n) is 4.72. The average Bonchev–Trinajstić information content (AvgIpc) is 2.01. The van der Waals surface area contributed by atoms with Crippen molar-refractivity contribution in [3.63, 3.8) is 0 Å². The molecule has 2 N–H and O–H groups in total. The normalized spacial score (nSPS) is 11.4. The minimum atomic E-state index is 0.245. The zero-order valence-corrected chi connectivity index (χ0v) is 9.28. The molecule has 4 nitrogen and oxygen atoms in total. The van der Waals surface area contributed by atoms with Crippen molar-refractivity contribution in [3.05, 3.63) is 12.4 Å². The minimum Gasteiger partial charge on any atom is -0.384 e. The van der Waals surface area contributed by atoms with E-state index in [1.54, 1.807) is 6.07 Å². The van der Waals surface area contributed by atoms with Gasteiger partial charge in [-0.1, -0.05) is 20.8 Å². The highest BCUT2D eigenvalue weighted by atomic mass is 15.2. The quantitative estimate of drug-likeness (QED) is 0.776. The molecule has 0 amide bonds. The Morgan fingerprint density at radius 1 is 1.36 bits per heavy atom. The van der Waals surface area contributed by atoms with Gasteiger partial charge in [-0.3, -0.25) is 0 Å². The third-order valence-corrected chi connectivity index (χ3v) is 1.78. The zero-order valence-electron chi connectivity index (χ0n) is 9.28. The van der Waals surface area contributed by atoms with Crippen LogP contribution in [0.5, 0.6) is 0 Å². The van der Waals surface area contributed by atoms with Crippen molar-refractivity contribution < 1.29 is 0 Å². The van der Waals surface area contributed by atoms with Gasteiger partial charge < -0.3 is 10.6 Å². The smallest absolute Gasteiger partial charge is 0.133 e. The Labute approximate surface area is 85.2 Å². The van der Waals surface area contributed by atoms with Gasteiger partial charge in [0.15, 0.2) is 0 Å². The number of aromatic nitrogens is 2. The van der Waals surface area contributed by atoms with E-state index in [4.69, 9.17) is 5.73 Å². The Hall–Kier alpha value is -1.32. The second kappa shape index (κ2) is 3.82. The van der Waals surface area contributed by atoms with Crippen LogP contribution in [-0.4, -0.2) is 23.6 Å². The lowest BCUT2D eigenvalue weighted by atomic mass is 9.96. The van der Waals surface area contributed by atoms with E-state index in [9.17, 15) is 0 Å². The Balaban J connectivity index is 2.74. The van der Waals surface area contributed by atoms with Gasteiger partial charge in [-0.05, 0) is 5.41 Å². The molecule has 4 heteroatoms. The highest BCUT2D eigenvalue weighted by molar-refractivity contribution is 5.45. The van der Waals surface area contributed by atoms with Crippen LogP contribution in [0, 0.1) is 5.41 Å². The summed E-state index contributed by atoms with van der Waals surface area (Å²) >= 11 is 0. The van der Waals surface area contributed by atoms with Gasteiger partial charge in [0.2, 0.25) is 0 Å². The van der Waals surface area contributed by atoms with Crippen molar-refractivity contribution in [2.24, 2.45) is 5.41 Å². The number of nitrogens with zero attached hydrogens (tertiary/aromatic N) is 3. The third-order valence-electron chi connectivity index (χ3n) is 1.78. The molecule has 0 saturated heterocycles. The van der Waals surface area contributed by atoms with E-state index in [0.29, 0.717) is 5.82 Å². The Morgan fingerprint density at radius 3 is 2.50 bits per heavy atom. The van der Waals surface area contributed by atoms with Crippen LogP contribution >= 0.6 is 0 Å². The summed E-state index contributed by atoms with van der Waals surface area (Å²) in [7, 11) is 2.01. The SMILES string of the molecule is CN(CC(C)(C)C)c1cc(N)ncn1. The third kappa shape index (κ3) is 3.20. The first-order valence-electron chi connectivity index (χ1n) is 4.67. The molecule has 0 radical (unpaired) electrons. The van der Waals surface area contributed by atoms with E-state index in [1.165, 1.54) is 6.33 Å². The van der Waals surface area contributed by atoms with E-state index in [0.717, 1.165) is 12.4 Å². The number of nitrogen functional groups attached to an aromatic ring is 1. The summed E-state index contributed by atoms with van der Waals surface area (Å²) in [5, 5.41) is 0. The van der Waals surface area contributed by atoms with E-state index in [2.05, 4.69) is 35.6 Å². The second-order valence-corrected chi connectivity index (χ2v) is 4.72. The van der Waals surface area contributed by atoms with Gasteiger partial charge in [-0.25, -0.2) is 9.97 Å². The Bertz CT molecular complexity index is 303. The summed E-state index contributed by atoms with van der Waals surface area (Å²) in [4.78, 5) is 10.1. The molecule has 0 aliphatic carbocycles. The molecule has 0 spiro atoms. The van der Waals surface area contributed by atoms with Crippen molar-refractivity contribution in [2.45, 2.75) is 20.8 Å². The molecule has 0 fully saturated rings. The zero-order chi connectivity index (χ0) is 10.8. The van der Waals surface area contributed by atoms with Gasteiger partial charge in [0, 0.05) is 19.7 Å². The van der Waals surface area contributed by atoms with Crippen molar-refractivity contribution in [3.8, 4) is 0 Å². The highest BCUT2D eigenvalue weighted by Gasteiger charge is 2.14. The summed E-state index contributed by atoms with van der Waals surface area (Å²) in [6.07, 6.45) is 1.49. The molecule has 0 aromatic carbocycles. The molecule has 78 valence electrons. The molecular weight excluding hydrogens is 176 g/mol. The standard InChI is InChI=1S/C10H18N4/c1-10(2,3)6-14(4)9-5-8(11)12-7-13-9/h5,7H,6H2,1-4H3,(H2,11,12,13). The fraction of sp³-hybridized carbons (Fsp3) is 0.600. The number of hydrogen-bond acceptors (Lipinski definition) is 4. The first-order valence-corrected chi connectivity index (χ1v) is 4.67. The maximum Gasteiger partial charge on any atom is 0.133 e. The first-order chi connectivity index (χ1) is 6.38. The van der Waals surface area contributed by atoms with Crippen LogP contribution < -0.4 is 10.6 Å². The molecule has 0 aliphatic heterocycles. The Morgan fingerprint density at radius 2 is 2.00 bits per heavy atom. The van der Waals surface area contributed by atoms with Crippen LogP contribution in [0.4, 0.5) is 11.6 Å².